The van der Waals surface area contributed by atoms with Gasteiger partial charge in [0.05, 0.1) is 16.6 Å². The lowest BCUT2D eigenvalue weighted by atomic mass is 10.0. The molecule has 1 aromatic carbocycles. The van der Waals surface area contributed by atoms with E-state index in [1.54, 1.807) is 0 Å². The van der Waals surface area contributed by atoms with Crippen molar-refractivity contribution in [2.24, 2.45) is 0 Å². The van der Waals surface area contributed by atoms with Crippen molar-refractivity contribution in [2.45, 2.75) is 11.5 Å². The van der Waals surface area contributed by atoms with E-state index in [-0.39, 0.29) is 5.16 Å². The second kappa shape index (κ2) is 6.92. The Labute approximate surface area is 146 Å². The number of hydrogen-bond acceptors (Lipinski definition) is 8. The summed E-state index contributed by atoms with van der Waals surface area (Å²) in [4.78, 5) is 27.9. The number of hydrogen-bond donors (Lipinski definition) is 2. The molecule has 0 aliphatic rings. The maximum atomic E-state index is 12.5. The smallest absolute Gasteiger partial charge is 0.502 e. The number of benzene rings is 1. The Kier molecular flexibility index (Phi) is 5.07. The molecule has 0 aliphatic carbocycles. The van der Waals surface area contributed by atoms with Crippen LogP contribution in [0.15, 0.2) is 22.1 Å². The van der Waals surface area contributed by atoms with Gasteiger partial charge >= 0.3 is 12.0 Å². The van der Waals surface area contributed by atoms with Crippen LogP contribution in [0.2, 0.25) is 0 Å². The fourth-order valence-corrected chi connectivity index (χ4v) is 2.33. The number of rotatable bonds is 4. The third-order valence-corrected chi connectivity index (χ3v) is 3.53. The molecule has 0 aliphatic heterocycles. The predicted molar refractivity (Wildman–Crippen MR) is 81.8 cm³/mol. The van der Waals surface area contributed by atoms with Crippen LogP contribution in [-0.4, -0.2) is 32.6 Å². The van der Waals surface area contributed by atoms with Crippen LogP contribution in [0.4, 0.5) is 18.9 Å². The molecule has 2 N–H and O–H groups in total. The lowest BCUT2D eigenvalue weighted by Gasteiger charge is -2.12. The highest BCUT2D eigenvalue weighted by molar-refractivity contribution is 7.98. The summed E-state index contributed by atoms with van der Waals surface area (Å²) in [6.45, 7) is 0. The predicted octanol–water partition coefficient (Wildman–Crippen LogP) is 2.54. The SMILES string of the molecule is CSc1nc(-c2cc(OC(F)(F)F)cc([N+](=O)[O-])c2O)c(C#N)c(=O)[nH]1. The van der Waals surface area contributed by atoms with Gasteiger partial charge in [0.15, 0.2) is 5.16 Å². The quantitative estimate of drug-likeness (QED) is 0.352. The maximum absolute atomic E-state index is 12.5. The first-order valence-electron chi connectivity index (χ1n) is 6.43. The van der Waals surface area contributed by atoms with Crippen LogP contribution in [-0.2, 0) is 0 Å². The van der Waals surface area contributed by atoms with E-state index in [0.29, 0.717) is 12.1 Å². The number of ether oxygens (including phenoxy) is 1. The minimum Gasteiger partial charge on any atom is -0.502 e. The fourth-order valence-electron chi connectivity index (χ4n) is 1.95. The van der Waals surface area contributed by atoms with Crippen LogP contribution < -0.4 is 10.3 Å². The largest absolute Gasteiger partial charge is 0.573 e. The molecule has 136 valence electrons. The van der Waals surface area contributed by atoms with Gasteiger partial charge in [-0.1, -0.05) is 11.8 Å². The van der Waals surface area contributed by atoms with E-state index in [9.17, 15) is 33.2 Å². The number of halogens is 3. The Balaban J connectivity index is 2.85. The molecule has 0 fully saturated rings. The van der Waals surface area contributed by atoms with Gasteiger partial charge in [0.1, 0.15) is 23.1 Å². The zero-order valence-electron chi connectivity index (χ0n) is 12.6. The molecule has 2 aromatic rings. The topological polar surface area (TPSA) is 142 Å². The van der Waals surface area contributed by atoms with Crippen LogP contribution >= 0.6 is 11.8 Å². The van der Waals surface area contributed by atoms with Gasteiger partial charge in [-0.05, 0) is 12.3 Å². The number of aromatic nitrogens is 2. The van der Waals surface area contributed by atoms with E-state index in [1.807, 2.05) is 0 Å². The third kappa shape index (κ3) is 3.86. The highest BCUT2D eigenvalue weighted by Gasteiger charge is 2.33. The first kappa shape index (κ1) is 19.1. The lowest BCUT2D eigenvalue weighted by Crippen LogP contribution is -2.17. The Hall–Kier alpha value is -3.27. The summed E-state index contributed by atoms with van der Waals surface area (Å²) < 4.78 is 41.0. The molecule has 26 heavy (non-hydrogen) atoms. The molecular weight excluding hydrogens is 381 g/mol. The van der Waals surface area contributed by atoms with Gasteiger partial charge in [-0.3, -0.25) is 14.9 Å². The fraction of sp³-hybridized carbons (Fsp3) is 0.154. The number of nitriles is 1. The molecule has 0 bridgehead atoms. The molecule has 0 radical (unpaired) electrons. The summed E-state index contributed by atoms with van der Waals surface area (Å²) in [5, 5.41) is 30.2. The van der Waals surface area contributed by atoms with E-state index in [2.05, 4.69) is 14.7 Å². The number of phenolic OH excluding ortho intramolecular Hbond substituents is 1. The van der Waals surface area contributed by atoms with Gasteiger partial charge in [-0.2, -0.15) is 5.26 Å². The number of nitro benzene ring substituents is 1. The average molecular weight is 388 g/mol. The standard InChI is InChI=1S/C13H7F3N4O5S/c1-26-12-18-9(7(4-17)11(22)19-12)6-2-5(25-13(14,15)16)3-8(10(6)21)20(23)24/h2-3,21H,1H3,(H,18,19,22). The summed E-state index contributed by atoms with van der Waals surface area (Å²) in [6, 6.07) is 2.46. The maximum Gasteiger partial charge on any atom is 0.573 e. The van der Waals surface area contributed by atoms with Crippen molar-refractivity contribution in [1.82, 2.24) is 9.97 Å². The van der Waals surface area contributed by atoms with Crippen LogP contribution in [0.25, 0.3) is 11.3 Å². The zero-order valence-corrected chi connectivity index (χ0v) is 13.4. The molecular formula is C13H7F3N4O5S. The molecule has 13 heteroatoms. The molecule has 0 amide bonds. The lowest BCUT2D eigenvalue weighted by molar-refractivity contribution is -0.386. The highest BCUT2D eigenvalue weighted by Crippen LogP contribution is 2.41. The number of H-pyrrole nitrogens is 1. The van der Waals surface area contributed by atoms with Crippen molar-refractivity contribution in [1.29, 1.82) is 5.26 Å². The summed E-state index contributed by atoms with van der Waals surface area (Å²) in [5.74, 6) is -2.08. The first-order valence-corrected chi connectivity index (χ1v) is 7.65. The van der Waals surface area contributed by atoms with E-state index in [1.165, 1.54) is 12.3 Å². The normalized spacial score (nSPS) is 11.0. The molecule has 0 spiro atoms. The van der Waals surface area contributed by atoms with Gasteiger partial charge in [-0.15, -0.1) is 13.2 Å². The number of nitrogens with zero attached hydrogens (tertiary/aromatic N) is 3. The molecule has 2 rings (SSSR count). The number of phenols is 1. The van der Waals surface area contributed by atoms with E-state index >= 15 is 0 Å². The first-order chi connectivity index (χ1) is 12.1. The van der Waals surface area contributed by atoms with E-state index in [4.69, 9.17) is 5.26 Å². The van der Waals surface area contributed by atoms with E-state index in [0.717, 1.165) is 11.8 Å². The van der Waals surface area contributed by atoms with Crippen LogP contribution in [0.5, 0.6) is 11.5 Å². The number of nitro groups is 1. The van der Waals surface area contributed by atoms with Crippen molar-refractivity contribution in [3.8, 4) is 28.8 Å². The van der Waals surface area contributed by atoms with Crippen molar-refractivity contribution in [3.05, 3.63) is 38.2 Å². The molecule has 0 saturated carbocycles. The van der Waals surface area contributed by atoms with Crippen LogP contribution in [0, 0.1) is 21.4 Å². The summed E-state index contributed by atoms with van der Waals surface area (Å²) >= 11 is 0.939. The van der Waals surface area contributed by atoms with Crippen LogP contribution in [0.1, 0.15) is 5.56 Å². The third-order valence-electron chi connectivity index (χ3n) is 2.95. The van der Waals surface area contributed by atoms with E-state index < -0.39 is 50.9 Å². The molecule has 1 aromatic heterocycles. The van der Waals surface area contributed by atoms with Crippen molar-refractivity contribution >= 4 is 17.4 Å². The highest BCUT2D eigenvalue weighted by atomic mass is 32.2. The Morgan fingerprint density at radius 3 is 2.62 bits per heavy atom. The average Bonchev–Trinajstić information content (AvgIpc) is 2.53. The van der Waals surface area contributed by atoms with Gasteiger partial charge < -0.3 is 14.8 Å². The minimum atomic E-state index is -5.16. The van der Waals surface area contributed by atoms with Gasteiger partial charge in [0.25, 0.3) is 5.56 Å². The Morgan fingerprint density at radius 2 is 2.12 bits per heavy atom. The van der Waals surface area contributed by atoms with Crippen molar-refractivity contribution in [3.63, 3.8) is 0 Å². The van der Waals surface area contributed by atoms with Gasteiger partial charge in [-0.25, -0.2) is 4.98 Å². The van der Waals surface area contributed by atoms with Gasteiger partial charge in [0.2, 0.25) is 5.75 Å². The molecule has 1 heterocycles. The summed E-state index contributed by atoms with van der Waals surface area (Å²) in [5.41, 5.74) is -3.83. The number of thioether (sulfide) groups is 1. The number of alkyl halides is 3. The number of nitrogens with one attached hydrogen (secondary N) is 1. The molecule has 0 atom stereocenters. The second-order valence-corrected chi connectivity index (χ2v) is 5.35. The number of aromatic amines is 1. The minimum absolute atomic E-state index is 0.0202. The zero-order chi connectivity index (χ0) is 19.6. The van der Waals surface area contributed by atoms with Crippen LogP contribution in [0.3, 0.4) is 0 Å². The van der Waals surface area contributed by atoms with Crippen molar-refractivity contribution < 1.29 is 27.9 Å². The Morgan fingerprint density at radius 1 is 1.46 bits per heavy atom. The molecule has 0 unspecified atom stereocenters. The summed E-state index contributed by atoms with van der Waals surface area (Å²) in [7, 11) is 0. The van der Waals surface area contributed by atoms with Gasteiger partial charge in [0, 0.05) is 0 Å². The monoisotopic (exact) mass is 388 g/mol. The number of aromatic hydroxyl groups is 1. The second-order valence-electron chi connectivity index (χ2n) is 4.55. The van der Waals surface area contributed by atoms with Crippen molar-refractivity contribution in [2.75, 3.05) is 6.26 Å². The molecule has 0 saturated heterocycles. The molecule has 9 nitrogen and oxygen atoms in total. The summed E-state index contributed by atoms with van der Waals surface area (Å²) in [6.07, 6.45) is -3.65. The Bertz CT molecular complexity index is 983.